The van der Waals surface area contributed by atoms with Gasteiger partial charge in [-0.05, 0) is 36.2 Å². The van der Waals surface area contributed by atoms with E-state index in [4.69, 9.17) is 0 Å². The van der Waals surface area contributed by atoms with E-state index in [9.17, 15) is 17.2 Å². The van der Waals surface area contributed by atoms with Gasteiger partial charge >= 0.3 is 0 Å². The summed E-state index contributed by atoms with van der Waals surface area (Å²) in [5.41, 5.74) is 0.114. The molecular formula is C12H12F2N2O2S2. The Hall–Kier alpha value is -1.51. The quantitative estimate of drug-likeness (QED) is 0.891. The maximum absolute atomic E-state index is 13.4. The van der Waals surface area contributed by atoms with Crippen LogP contribution in [0, 0.1) is 11.6 Å². The van der Waals surface area contributed by atoms with Crippen molar-refractivity contribution in [2.45, 2.75) is 10.8 Å². The number of rotatable bonds is 5. The van der Waals surface area contributed by atoms with Crippen LogP contribution in [0.15, 0.2) is 33.9 Å². The van der Waals surface area contributed by atoms with Crippen LogP contribution in [0.4, 0.5) is 14.5 Å². The van der Waals surface area contributed by atoms with Crippen molar-refractivity contribution in [3.63, 3.8) is 0 Å². The lowest BCUT2D eigenvalue weighted by Crippen LogP contribution is -2.14. The van der Waals surface area contributed by atoms with Crippen LogP contribution in [-0.2, 0) is 16.6 Å². The molecule has 0 saturated heterocycles. The lowest BCUT2D eigenvalue weighted by Gasteiger charge is -2.08. The highest BCUT2D eigenvalue weighted by atomic mass is 32.2. The topological polar surface area (TPSA) is 58.2 Å². The van der Waals surface area contributed by atoms with E-state index < -0.39 is 27.3 Å². The number of benzene rings is 1. The van der Waals surface area contributed by atoms with Gasteiger partial charge in [0.15, 0.2) is 0 Å². The molecule has 0 radical (unpaired) electrons. The molecule has 1 aromatic carbocycles. The fourth-order valence-corrected chi connectivity index (χ4v) is 3.86. The first-order valence-corrected chi connectivity index (χ1v) is 7.99. The molecule has 0 spiro atoms. The van der Waals surface area contributed by atoms with Gasteiger partial charge in [-0.3, -0.25) is 4.72 Å². The minimum atomic E-state index is -4.00. The second-order valence-electron chi connectivity index (χ2n) is 4.01. The summed E-state index contributed by atoms with van der Waals surface area (Å²) < 4.78 is 53.0. The zero-order chi connectivity index (χ0) is 14.8. The molecule has 0 amide bonds. The van der Waals surface area contributed by atoms with Crippen LogP contribution in [0.2, 0.25) is 0 Å². The third-order valence-electron chi connectivity index (χ3n) is 2.47. The van der Waals surface area contributed by atoms with Crippen molar-refractivity contribution < 1.29 is 17.2 Å². The van der Waals surface area contributed by atoms with Gasteiger partial charge in [-0.15, -0.1) is 11.3 Å². The van der Waals surface area contributed by atoms with E-state index in [-0.39, 0.29) is 4.21 Å². The van der Waals surface area contributed by atoms with Crippen LogP contribution in [0.1, 0.15) is 5.56 Å². The van der Waals surface area contributed by atoms with E-state index in [1.54, 1.807) is 12.4 Å². The molecule has 2 rings (SSSR count). The molecule has 0 saturated carbocycles. The first-order valence-electron chi connectivity index (χ1n) is 5.63. The summed E-state index contributed by atoms with van der Waals surface area (Å²) in [6.45, 7) is 0.514. The summed E-state index contributed by atoms with van der Waals surface area (Å²) in [6, 6.07) is 4.60. The molecular weight excluding hydrogens is 306 g/mol. The number of para-hydroxylation sites is 1. The molecule has 0 aliphatic carbocycles. The Morgan fingerprint density at radius 2 is 1.90 bits per heavy atom. The van der Waals surface area contributed by atoms with Gasteiger partial charge in [0, 0.05) is 6.54 Å². The average molecular weight is 318 g/mol. The largest absolute Gasteiger partial charge is 0.316 e. The molecule has 20 heavy (non-hydrogen) atoms. The summed E-state index contributed by atoms with van der Waals surface area (Å²) in [4.78, 5) is 0. The zero-order valence-corrected chi connectivity index (χ0v) is 12.1. The summed E-state index contributed by atoms with van der Waals surface area (Å²) in [6.07, 6.45) is 0. The Bertz CT molecular complexity index is 694. The van der Waals surface area contributed by atoms with Crippen LogP contribution >= 0.6 is 11.3 Å². The predicted octanol–water partition coefficient (Wildman–Crippen LogP) is 2.55. The number of anilines is 1. The summed E-state index contributed by atoms with van der Waals surface area (Å²) in [5.74, 6) is -1.92. The standard InChI is InChI=1S/C12H12F2N2O2S2/c1-15-6-8-5-11(19-7-8)20(17,18)16-12-9(13)3-2-4-10(12)14/h2-5,7,15-16H,6H2,1H3. The van der Waals surface area contributed by atoms with Crippen molar-refractivity contribution in [1.29, 1.82) is 0 Å². The Morgan fingerprint density at radius 1 is 1.25 bits per heavy atom. The zero-order valence-electron chi connectivity index (χ0n) is 10.5. The Morgan fingerprint density at radius 3 is 2.50 bits per heavy atom. The number of nitrogens with one attached hydrogen (secondary N) is 2. The normalized spacial score (nSPS) is 11.6. The van der Waals surface area contributed by atoms with Gasteiger partial charge in [0.05, 0.1) is 0 Å². The molecule has 0 aliphatic rings. The van der Waals surface area contributed by atoms with Gasteiger partial charge in [-0.2, -0.15) is 0 Å². The van der Waals surface area contributed by atoms with E-state index in [2.05, 4.69) is 5.32 Å². The molecule has 2 N–H and O–H groups in total. The van der Waals surface area contributed by atoms with Crippen LogP contribution in [0.3, 0.4) is 0 Å². The molecule has 2 aromatic rings. The van der Waals surface area contributed by atoms with E-state index >= 15 is 0 Å². The second kappa shape index (κ2) is 5.86. The highest BCUT2D eigenvalue weighted by molar-refractivity contribution is 7.94. The van der Waals surface area contributed by atoms with Gasteiger partial charge in [0.2, 0.25) is 0 Å². The minimum absolute atomic E-state index is 0.00500. The van der Waals surface area contributed by atoms with Crippen molar-refractivity contribution in [3.8, 4) is 0 Å². The highest BCUT2D eigenvalue weighted by Crippen LogP contribution is 2.25. The molecule has 0 atom stereocenters. The molecule has 1 heterocycles. The SMILES string of the molecule is CNCc1csc(S(=O)(=O)Nc2c(F)cccc2F)c1. The number of thiophene rings is 1. The van der Waals surface area contributed by atoms with Crippen molar-refractivity contribution >= 4 is 27.0 Å². The Labute approximate surface area is 119 Å². The smallest absolute Gasteiger partial charge is 0.271 e. The van der Waals surface area contributed by atoms with E-state index in [0.29, 0.717) is 6.54 Å². The van der Waals surface area contributed by atoms with Gasteiger partial charge in [0.25, 0.3) is 10.0 Å². The number of sulfonamides is 1. The molecule has 0 unspecified atom stereocenters. The summed E-state index contributed by atoms with van der Waals surface area (Å²) >= 11 is 0.992. The number of hydrogen-bond donors (Lipinski definition) is 2. The fourth-order valence-electron chi connectivity index (χ4n) is 1.57. The second-order valence-corrected chi connectivity index (χ2v) is 6.83. The lowest BCUT2D eigenvalue weighted by molar-refractivity contribution is 0.583. The number of halogens is 2. The Balaban J connectivity index is 2.31. The van der Waals surface area contributed by atoms with Crippen molar-refractivity contribution in [1.82, 2.24) is 5.32 Å². The summed E-state index contributed by atoms with van der Waals surface area (Å²) in [5, 5.41) is 4.56. The highest BCUT2D eigenvalue weighted by Gasteiger charge is 2.20. The van der Waals surface area contributed by atoms with Crippen LogP contribution in [0.25, 0.3) is 0 Å². The van der Waals surface area contributed by atoms with Crippen molar-refractivity contribution in [3.05, 3.63) is 46.8 Å². The third-order valence-corrected chi connectivity index (χ3v) is 5.31. The first kappa shape index (κ1) is 14.9. The Kier molecular flexibility index (Phi) is 4.36. The molecule has 0 fully saturated rings. The molecule has 8 heteroatoms. The van der Waals surface area contributed by atoms with Crippen molar-refractivity contribution in [2.24, 2.45) is 0 Å². The van der Waals surface area contributed by atoms with Gasteiger partial charge in [-0.25, -0.2) is 17.2 Å². The average Bonchev–Trinajstić information content (AvgIpc) is 2.84. The molecule has 108 valence electrons. The maximum Gasteiger partial charge on any atom is 0.271 e. The van der Waals surface area contributed by atoms with Crippen molar-refractivity contribution in [2.75, 3.05) is 11.8 Å². The van der Waals surface area contributed by atoms with Gasteiger partial charge in [0.1, 0.15) is 21.5 Å². The molecule has 4 nitrogen and oxygen atoms in total. The minimum Gasteiger partial charge on any atom is -0.316 e. The number of hydrogen-bond acceptors (Lipinski definition) is 4. The maximum atomic E-state index is 13.4. The third kappa shape index (κ3) is 3.14. The van der Waals surface area contributed by atoms with Crippen LogP contribution in [-0.4, -0.2) is 15.5 Å². The van der Waals surface area contributed by atoms with E-state index in [0.717, 1.165) is 29.0 Å². The fraction of sp³-hybridized carbons (Fsp3) is 0.167. The lowest BCUT2D eigenvalue weighted by atomic mass is 10.3. The molecule has 0 aliphatic heterocycles. The van der Waals surface area contributed by atoms with E-state index in [1.807, 2.05) is 4.72 Å². The predicted molar refractivity (Wildman–Crippen MR) is 74.2 cm³/mol. The first-order chi connectivity index (χ1) is 9.44. The van der Waals surface area contributed by atoms with E-state index in [1.165, 1.54) is 12.1 Å². The van der Waals surface area contributed by atoms with Gasteiger partial charge in [-0.1, -0.05) is 6.07 Å². The van der Waals surface area contributed by atoms with Gasteiger partial charge < -0.3 is 5.32 Å². The van der Waals surface area contributed by atoms with Crippen LogP contribution in [0.5, 0.6) is 0 Å². The summed E-state index contributed by atoms with van der Waals surface area (Å²) in [7, 11) is -2.26. The molecule has 1 aromatic heterocycles. The van der Waals surface area contributed by atoms with Crippen LogP contribution < -0.4 is 10.0 Å². The monoisotopic (exact) mass is 318 g/mol. The molecule has 0 bridgehead atoms.